The minimum absolute atomic E-state index is 0.148. The average molecular weight is 284 g/mol. The number of carbonyl (C=O) groups excluding carboxylic acids is 1. The maximum atomic E-state index is 12.3. The van der Waals surface area contributed by atoms with Gasteiger partial charge in [-0.05, 0) is 30.9 Å². The molecule has 0 bridgehead atoms. The lowest BCUT2D eigenvalue weighted by Gasteiger charge is -2.36. The van der Waals surface area contributed by atoms with Gasteiger partial charge < -0.3 is 4.90 Å². The highest BCUT2D eigenvalue weighted by Gasteiger charge is 2.27. The van der Waals surface area contributed by atoms with Crippen LogP contribution in [0.4, 0.5) is 0 Å². The molecule has 1 aromatic carbocycles. The summed E-state index contributed by atoms with van der Waals surface area (Å²) in [6, 6.07) is 10.8. The summed E-state index contributed by atoms with van der Waals surface area (Å²) in [7, 11) is 0. The van der Waals surface area contributed by atoms with Gasteiger partial charge in [0.1, 0.15) is 0 Å². The Morgan fingerprint density at radius 2 is 1.81 bits per heavy atom. The molecule has 0 atom stereocenters. The molecule has 112 valence electrons. The van der Waals surface area contributed by atoms with E-state index in [0.717, 1.165) is 44.2 Å². The highest BCUT2D eigenvalue weighted by atomic mass is 16.2. The Kier molecular flexibility index (Phi) is 4.71. The lowest BCUT2D eigenvalue weighted by Crippen LogP contribution is -2.42. The number of nitrogens with zero attached hydrogens (tertiary/aromatic N) is 2. The van der Waals surface area contributed by atoms with E-state index in [1.807, 2.05) is 41.3 Å². The Labute approximate surface area is 127 Å². The Morgan fingerprint density at radius 1 is 1.00 bits per heavy atom. The zero-order valence-electron chi connectivity index (χ0n) is 12.6. The summed E-state index contributed by atoms with van der Waals surface area (Å²) in [5.74, 6) is 0.148. The van der Waals surface area contributed by atoms with Gasteiger partial charge >= 0.3 is 0 Å². The van der Waals surface area contributed by atoms with Crippen molar-refractivity contribution < 1.29 is 4.79 Å². The minimum atomic E-state index is 0.148. The van der Waals surface area contributed by atoms with Crippen molar-refractivity contribution in [3.63, 3.8) is 0 Å². The molecule has 0 aromatic heterocycles. The quantitative estimate of drug-likeness (QED) is 0.797. The normalized spacial score (nSPS) is 21.2. The summed E-state index contributed by atoms with van der Waals surface area (Å²) in [6.45, 7) is 3.95. The van der Waals surface area contributed by atoms with Gasteiger partial charge in [-0.2, -0.15) is 0 Å². The molecular weight excluding hydrogens is 260 g/mol. The molecule has 1 saturated heterocycles. The Hall–Kier alpha value is -1.61. The van der Waals surface area contributed by atoms with Gasteiger partial charge in [0, 0.05) is 38.3 Å². The monoisotopic (exact) mass is 284 g/mol. The van der Waals surface area contributed by atoms with Crippen LogP contribution in [0.5, 0.6) is 0 Å². The summed E-state index contributed by atoms with van der Waals surface area (Å²) in [5.41, 5.74) is 1.08. The molecular formula is C18H24N2O. The maximum absolute atomic E-state index is 12.3. The predicted octanol–water partition coefficient (Wildman–Crippen LogP) is 2.79. The first kappa shape index (κ1) is 14.3. The Balaban J connectivity index is 1.54. The van der Waals surface area contributed by atoms with E-state index in [4.69, 9.17) is 0 Å². The molecule has 1 saturated carbocycles. The molecule has 0 N–H and O–H groups in total. The van der Waals surface area contributed by atoms with Crippen molar-refractivity contribution in [1.82, 2.24) is 9.80 Å². The van der Waals surface area contributed by atoms with Crippen LogP contribution in [0.1, 0.15) is 31.2 Å². The number of rotatable bonds is 3. The van der Waals surface area contributed by atoms with E-state index in [2.05, 4.69) is 4.90 Å². The average Bonchev–Trinajstić information content (AvgIpc) is 2.70. The van der Waals surface area contributed by atoms with Crippen LogP contribution in [0, 0.1) is 0 Å². The van der Waals surface area contributed by atoms with Crippen LogP contribution in [0.15, 0.2) is 36.4 Å². The molecule has 1 aliphatic carbocycles. The summed E-state index contributed by atoms with van der Waals surface area (Å²) in [4.78, 5) is 16.9. The SMILES string of the molecule is O=C(C=Cc1ccccc1)N1CCCN(C2CCC2)CC1. The molecule has 3 heteroatoms. The second-order valence-electron chi connectivity index (χ2n) is 6.04. The molecule has 0 spiro atoms. The maximum Gasteiger partial charge on any atom is 0.246 e. The van der Waals surface area contributed by atoms with E-state index in [1.54, 1.807) is 6.08 Å². The van der Waals surface area contributed by atoms with Crippen molar-refractivity contribution in [2.75, 3.05) is 26.2 Å². The van der Waals surface area contributed by atoms with E-state index in [0.29, 0.717) is 0 Å². The largest absolute Gasteiger partial charge is 0.338 e. The van der Waals surface area contributed by atoms with Crippen LogP contribution in [-0.4, -0.2) is 47.9 Å². The smallest absolute Gasteiger partial charge is 0.246 e. The second-order valence-corrected chi connectivity index (χ2v) is 6.04. The predicted molar refractivity (Wildman–Crippen MR) is 85.9 cm³/mol. The van der Waals surface area contributed by atoms with Crippen molar-refractivity contribution in [3.05, 3.63) is 42.0 Å². The third kappa shape index (κ3) is 3.73. The zero-order chi connectivity index (χ0) is 14.5. The molecule has 2 fully saturated rings. The molecule has 21 heavy (non-hydrogen) atoms. The fourth-order valence-electron chi connectivity index (χ4n) is 3.11. The molecule has 0 radical (unpaired) electrons. The van der Waals surface area contributed by atoms with Crippen molar-refractivity contribution in [2.24, 2.45) is 0 Å². The van der Waals surface area contributed by atoms with Gasteiger partial charge in [-0.25, -0.2) is 0 Å². The van der Waals surface area contributed by atoms with Gasteiger partial charge in [0.25, 0.3) is 0 Å². The Morgan fingerprint density at radius 3 is 2.52 bits per heavy atom. The molecule has 1 heterocycles. The molecule has 1 amide bonds. The van der Waals surface area contributed by atoms with E-state index >= 15 is 0 Å². The van der Waals surface area contributed by atoms with E-state index < -0.39 is 0 Å². The highest BCUT2D eigenvalue weighted by Crippen LogP contribution is 2.25. The van der Waals surface area contributed by atoms with Crippen molar-refractivity contribution >= 4 is 12.0 Å². The molecule has 0 unspecified atom stereocenters. The fraction of sp³-hybridized carbons (Fsp3) is 0.500. The zero-order valence-corrected chi connectivity index (χ0v) is 12.6. The summed E-state index contributed by atoms with van der Waals surface area (Å²) in [6.07, 6.45) is 8.81. The summed E-state index contributed by atoms with van der Waals surface area (Å²) < 4.78 is 0. The van der Waals surface area contributed by atoms with E-state index in [9.17, 15) is 4.79 Å². The van der Waals surface area contributed by atoms with Crippen LogP contribution in [0.25, 0.3) is 6.08 Å². The lowest BCUT2D eigenvalue weighted by molar-refractivity contribution is -0.125. The lowest BCUT2D eigenvalue weighted by atomic mass is 9.91. The van der Waals surface area contributed by atoms with Gasteiger partial charge in [-0.15, -0.1) is 0 Å². The van der Waals surface area contributed by atoms with Crippen LogP contribution in [0.2, 0.25) is 0 Å². The second kappa shape index (κ2) is 6.90. The minimum Gasteiger partial charge on any atom is -0.338 e. The third-order valence-corrected chi connectivity index (χ3v) is 4.65. The molecule has 1 aliphatic heterocycles. The van der Waals surface area contributed by atoms with Crippen LogP contribution < -0.4 is 0 Å². The first-order chi connectivity index (χ1) is 10.3. The Bertz CT molecular complexity index is 493. The van der Waals surface area contributed by atoms with Gasteiger partial charge in [-0.3, -0.25) is 9.69 Å². The van der Waals surface area contributed by atoms with Crippen LogP contribution in [0.3, 0.4) is 0 Å². The number of hydrogen-bond acceptors (Lipinski definition) is 2. The molecule has 1 aromatic rings. The van der Waals surface area contributed by atoms with Gasteiger partial charge in [0.05, 0.1) is 0 Å². The van der Waals surface area contributed by atoms with Crippen molar-refractivity contribution in [2.45, 2.75) is 31.7 Å². The van der Waals surface area contributed by atoms with E-state index in [-0.39, 0.29) is 5.91 Å². The topological polar surface area (TPSA) is 23.6 Å². The standard InChI is InChI=1S/C18H24N2O/c21-18(11-10-16-6-2-1-3-7-16)20-13-5-12-19(14-15-20)17-8-4-9-17/h1-3,6-7,10-11,17H,4-5,8-9,12-15H2. The fourth-order valence-corrected chi connectivity index (χ4v) is 3.11. The molecule has 3 nitrogen and oxygen atoms in total. The third-order valence-electron chi connectivity index (χ3n) is 4.65. The number of hydrogen-bond donors (Lipinski definition) is 0. The highest BCUT2D eigenvalue weighted by molar-refractivity contribution is 5.91. The van der Waals surface area contributed by atoms with Gasteiger partial charge in [0.2, 0.25) is 5.91 Å². The number of amides is 1. The molecule has 2 aliphatic rings. The molecule has 3 rings (SSSR count). The first-order valence-electron chi connectivity index (χ1n) is 8.09. The van der Waals surface area contributed by atoms with E-state index in [1.165, 1.54) is 19.3 Å². The first-order valence-corrected chi connectivity index (χ1v) is 8.09. The van der Waals surface area contributed by atoms with Crippen LogP contribution >= 0.6 is 0 Å². The summed E-state index contributed by atoms with van der Waals surface area (Å²) in [5, 5.41) is 0. The van der Waals surface area contributed by atoms with Crippen molar-refractivity contribution in [1.29, 1.82) is 0 Å². The number of carbonyl (C=O) groups is 1. The van der Waals surface area contributed by atoms with Crippen molar-refractivity contribution in [3.8, 4) is 0 Å². The van der Waals surface area contributed by atoms with Gasteiger partial charge in [-0.1, -0.05) is 36.8 Å². The van der Waals surface area contributed by atoms with Crippen LogP contribution in [-0.2, 0) is 4.79 Å². The van der Waals surface area contributed by atoms with Gasteiger partial charge in [0.15, 0.2) is 0 Å². The number of benzene rings is 1. The summed E-state index contributed by atoms with van der Waals surface area (Å²) >= 11 is 0.